The van der Waals surface area contributed by atoms with Gasteiger partial charge in [-0.3, -0.25) is 9.59 Å². The van der Waals surface area contributed by atoms with Crippen molar-refractivity contribution in [3.05, 3.63) is 21.6 Å². The molecule has 118 valence electrons. The van der Waals surface area contributed by atoms with Gasteiger partial charge in [0.2, 0.25) is 5.91 Å². The lowest BCUT2D eigenvalue weighted by molar-refractivity contribution is -0.128. The van der Waals surface area contributed by atoms with Crippen LogP contribution in [0.15, 0.2) is 11.0 Å². The van der Waals surface area contributed by atoms with Crippen LogP contribution in [0, 0.1) is 11.3 Å². The van der Waals surface area contributed by atoms with Gasteiger partial charge in [0.15, 0.2) is 0 Å². The SMILES string of the molecule is CNC(=O)C(C)(C)CNc1cnn(CC(C)C)c(=O)c1Cl. The fourth-order valence-electron chi connectivity index (χ4n) is 1.80. The van der Waals surface area contributed by atoms with E-state index in [2.05, 4.69) is 15.7 Å². The van der Waals surface area contributed by atoms with Crippen LogP contribution in [0.4, 0.5) is 5.69 Å². The Morgan fingerprint density at radius 1 is 1.48 bits per heavy atom. The summed E-state index contributed by atoms with van der Waals surface area (Å²) in [5.41, 5.74) is -0.503. The van der Waals surface area contributed by atoms with Crippen molar-refractivity contribution in [3.8, 4) is 0 Å². The summed E-state index contributed by atoms with van der Waals surface area (Å²) in [6.45, 7) is 8.48. The quantitative estimate of drug-likeness (QED) is 0.838. The third kappa shape index (κ3) is 4.46. The van der Waals surface area contributed by atoms with Gasteiger partial charge in [-0.25, -0.2) is 4.68 Å². The lowest BCUT2D eigenvalue weighted by Crippen LogP contribution is -2.39. The van der Waals surface area contributed by atoms with Crippen molar-refractivity contribution in [1.82, 2.24) is 15.1 Å². The maximum Gasteiger partial charge on any atom is 0.287 e. The highest BCUT2D eigenvalue weighted by Gasteiger charge is 2.26. The minimum atomic E-state index is -0.620. The molecular formula is C14H23ClN4O2. The molecule has 0 fully saturated rings. The highest BCUT2D eigenvalue weighted by molar-refractivity contribution is 6.32. The smallest absolute Gasteiger partial charge is 0.287 e. The largest absolute Gasteiger partial charge is 0.381 e. The maximum absolute atomic E-state index is 12.1. The van der Waals surface area contributed by atoms with Gasteiger partial charge < -0.3 is 10.6 Å². The van der Waals surface area contributed by atoms with Crippen LogP contribution in [-0.4, -0.2) is 29.3 Å². The average molecular weight is 315 g/mol. The van der Waals surface area contributed by atoms with Crippen molar-refractivity contribution in [3.63, 3.8) is 0 Å². The molecule has 0 unspecified atom stereocenters. The van der Waals surface area contributed by atoms with E-state index in [9.17, 15) is 9.59 Å². The number of hydrogen-bond acceptors (Lipinski definition) is 4. The Labute approximate surface area is 129 Å². The average Bonchev–Trinajstić information content (AvgIpc) is 2.41. The van der Waals surface area contributed by atoms with E-state index in [4.69, 9.17) is 11.6 Å². The lowest BCUT2D eigenvalue weighted by Gasteiger charge is -2.23. The fourth-order valence-corrected chi connectivity index (χ4v) is 2.01. The van der Waals surface area contributed by atoms with Crippen LogP contribution in [0.3, 0.4) is 0 Å². The number of nitrogens with one attached hydrogen (secondary N) is 2. The first-order chi connectivity index (χ1) is 9.69. The van der Waals surface area contributed by atoms with Crippen LogP contribution in [-0.2, 0) is 11.3 Å². The number of amides is 1. The molecule has 1 heterocycles. The first-order valence-corrected chi connectivity index (χ1v) is 7.28. The lowest BCUT2D eigenvalue weighted by atomic mass is 9.92. The van der Waals surface area contributed by atoms with E-state index in [0.29, 0.717) is 24.7 Å². The third-order valence-electron chi connectivity index (χ3n) is 3.09. The van der Waals surface area contributed by atoms with Gasteiger partial charge in [-0.2, -0.15) is 5.10 Å². The Balaban J connectivity index is 2.89. The van der Waals surface area contributed by atoms with Gasteiger partial charge in [0.1, 0.15) is 5.02 Å². The van der Waals surface area contributed by atoms with E-state index in [-0.39, 0.29) is 16.5 Å². The number of hydrogen-bond donors (Lipinski definition) is 2. The monoisotopic (exact) mass is 314 g/mol. The summed E-state index contributed by atoms with van der Waals surface area (Å²) in [6, 6.07) is 0. The zero-order valence-electron chi connectivity index (χ0n) is 13.2. The highest BCUT2D eigenvalue weighted by Crippen LogP contribution is 2.20. The second-order valence-electron chi connectivity index (χ2n) is 6.07. The molecule has 0 aliphatic heterocycles. The minimum Gasteiger partial charge on any atom is -0.381 e. The Morgan fingerprint density at radius 3 is 2.62 bits per heavy atom. The Hall–Kier alpha value is -1.56. The molecule has 1 aromatic rings. The number of rotatable bonds is 6. The van der Waals surface area contributed by atoms with Crippen LogP contribution >= 0.6 is 11.6 Å². The molecule has 0 spiro atoms. The van der Waals surface area contributed by atoms with Gasteiger partial charge in [-0.05, 0) is 19.8 Å². The molecule has 7 heteroatoms. The molecule has 0 atom stereocenters. The summed E-state index contributed by atoms with van der Waals surface area (Å²) in [4.78, 5) is 23.8. The van der Waals surface area contributed by atoms with E-state index in [1.807, 2.05) is 13.8 Å². The van der Waals surface area contributed by atoms with Crippen LogP contribution in [0.25, 0.3) is 0 Å². The number of carbonyl (C=O) groups is 1. The van der Waals surface area contributed by atoms with Crippen molar-refractivity contribution in [1.29, 1.82) is 0 Å². The predicted molar refractivity (Wildman–Crippen MR) is 84.7 cm³/mol. The van der Waals surface area contributed by atoms with Crippen LogP contribution in [0.5, 0.6) is 0 Å². The summed E-state index contributed by atoms with van der Waals surface area (Å²) in [5, 5.41) is 9.82. The number of halogens is 1. The summed E-state index contributed by atoms with van der Waals surface area (Å²) in [6.07, 6.45) is 1.52. The fraction of sp³-hybridized carbons (Fsp3) is 0.643. The van der Waals surface area contributed by atoms with Gasteiger partial charge in [-0.15, -0.1) is 0 Å². The molecule has 1 aromatic heterocycles. The van der Waals surface area contributed by atoms with E-state index in [1.54, 1.807) is 20.9 Å². The summed E-state index contributed by atoms with van der Waals surface area (Å²) < 4.78 is 1.35. The number of carbonyl (C=O) groups excluding carboxylic acids is 1. The summed E-state index contributed by atoms with van der Waals surface area (Å²) in [5.74, 6) is 0.212. The first-order valence-electron chi connectivity index (χ1n) is 6.90. The third-order valence-corrected chi connectivity index (χ3v) is 3.45. The van der Waals surface area contributed by atoms with Gasteiger partial charge in [0.05, 0.1) is 17.3 Å². The summed E-state index contributed by atoms with van der Waals surface area (Å²) in [7, 11) is 1.59. The molecule has 0 saturated carbocycles. The Bertz CT molecular complexity index is 567. The van der Waals surface area contributed by atoms with Crippen molar-refractivity contribution in [2.75, 3.05) is 18.9 Å². The predicted octanol–water partition coefficient (Wildman–Crippen LogP) is 1.74. The van der Waals surface area contributed by atoms with Crippen molar-refractivity contribution < 1.29 is 4.79 Å². The van der Waals surface area contributed by atoms with E-state index in [0.717, 1.165) is 0 Å². The molecule has 21 heavy (non-hydrogen) atoms. The Morgan fingerprint density at radius 2 is 2.10 bits per heavy atom. The molecule has 0 saturated heterocycles. The van der Waals surface area contributed by atoms with Gasteiger partial charge in [-0.1, -0.05) is 25.4 Å². The van der Waals surface area contributed by atoms with Crippen molar-refractivity contribution in [2.24, 2.45) is 11.3 Å². The molecule has 0 aliphatic carbocycles. The summed E-state index contributed by atoms with van der Waals surface area (Å²) >= 11 is 6.09. The molecule has 1 amide bonds. The van der Waals surface area contributed by atoms with Crippen LogP contribution < -0.4 is 16.2 Å². The van der Waals surface area contributed by atoms with Gasteiger partial charge in [0, 0.05) is 20.1 Å². The molecule has 1 rings (SSSR count). The van der Waals surface area contributed by atoms with E-state index in [1.165, 1.54) is 10.9 Å². The van der Waals surface area contributed by atoms with Crippen molar-refractivity contribution in [2.45, 2.75) is 34.2 Å². The zero-order valence-corrected chi connectivity index (χ0v) is 13.9. The number of nitrogens with zero attached hydrogens (tertiary/aromatic N) is 2. The van der Waals surface area contributed by atoms with Gasteiger partial charge in [0.25, 0.3) is 5.56 Å². The zero-order chi connectivity index (χ0) is 16.2. The molecule has 6 nitrogen and oxygen atoms in total. The Kier molecular flexibility index (Phi) is 5.78. The standard InChI is InChI=1S/C14H23ClN4O2/c1-9(2)7-19-12(20)11(15)10(6-18-19)17-8-14(3,4)13(21)16-5/h6,9,17H,7-8H2,1-5H3,(H,16,21). The first kappa shape index (κ1) is 17.5. The van der Waals surface area contributed by atoms with Crippen LogP contribution in [0.2, 0.25) is 5.02 Å². The molecular weight excluding hydrogens is 292 g/mol. The second-order valence-corrected chi connectivity index (χ2v) is 6.45. The second kappa shape index (κ2) is 6.93. The van der Waals surface area contributed by atoms with Crippen molar-refractivity contribution >= 4 is 23.2 Å². The molecule has 0 bridgehead atoms. The van der Waals surface area contributed by atoms with Gasteiger partial charge >= 0.3 is 0 Å². The normalized spacial score (nSPS) is 11.6. The molecule has 0 radical (unpaired) electrons. The molecule has 0 aliphatic rings. The van der Waals surface area contributed by atoms with E-state index >= 15 is 0 Å². The number of anilines is 1. The molecule has 0 aromatic carbocycles. The van der Waals surface area contributed by atoms with E-state index < -0.39 is 5.41 Å². The maximum atomic E-state index is 12.1. The van der Waals surface area contributed by atoms with Crippen LogP contribution in [0.1, 0.15) is 27.7 Å². The minimum absolute atomic E-state index is 0.0905. The topological polar surface area (TPSA) is 76.0 Å². The highest BCUT2D eigenvalue weighted by atomic mass is 35.5. The number of aromatic nitrogens is 2. The molecule has 2 N–H and O–H groups in total.